The molecule has 1 atom stereocenters. The Bertz CT molecular complexity index is 1900. The predicted molar refractivity (Wildman–Crippen MR) is 231 cm³/mol. The van der Waals surface area contributed by atoms with Gasteiger partial charge in [-0.05, 0) is 124 Å². The van der Waals surface area contributed by atoms with E-state index in [1.54, 1.807) is 0 Å². The number of thioether (sulfide) groups is 1. The fraction of sp³-hybridized carbons (Fsp3) is 0.349. The normalized spacial score (nSPS) is 16.4. The maximum absolute atomic E-state index is 9.55. The van der Waals surface area contributed by atoms with Gasteiger partial charge in [0.05, 0.1) is 0 Å². The summed E-state index contributed by atoms with van der Waals surface area (Å²) in [6.45, 7) is 6.77. The van der Waals surface area contributed by atoms with Crippen LogP contribution in [-0.2, 0) is 28.9 Å². The number of aryl methyl sites for hydroxylation is 2. The van der Waals surface area contributed by atoms with E-state index < -0.39 is 11.9 Å². The Hall–Kier alpha value is -3.48. The minimum absolute atomic E-state index is 0. The number of likely N-dealkylation sites (N-methyl/N-ethyl adjacent to an activating group) is 1. The predicted octanol–water partition coefficient (Wildman–Crippen LogP) is 9.07. The van der Waals surface area contributed by atoms with Crippen LogP contribution in [0.4, 0.5) is 11.4 Å². The van der Waals surface area contributed by atoms with Gasteiger partial charge in [-0.15, -0.1) is 24.2 Å². The third-order valence-corrected chi connectivity index (χ3v) is 12.0. The van der Waals surface area contributed by atoms with Crippen molar-refractivity contribution in [1.82, 2.24) is 14.7 Å². The lowest BCUT2D eigenvalue weighted by Gasteiger charge is -2.38. The van der Waals surface area contributed by atoms with Crippen LogP contribution in [0.1, 0.15) is 34.7 Å². The molecule has 3 heterocycles. The Kier molecular flexibility index (Phi) is 17.5. The Morgan fingerprint density at radius 3 is 2.13 bits per heavy atom. The summed E-state index contributed by atoms with van der Waals surface area (Å²) < 4.78 is 0. The molecule has 3 aliphatic rings. The summed E-state index contributed by atoms with van der Waals surface area (Å²) in [6.07, 6.45) is 7.71. The highest BCUT2D eigenvalue weighted by molar-refractivity contribution is 7.99. The zero-order chi connectivity index (χ0) is 38.6. The van der Waals surface area contributed by atoms with Gasteiger partial charge in [-0.25, -0.2) is 9.59 Å². The van der Waals surface area contributed by atoms with Gasteiger partial charge in [0, 0.05) is 82.0 Å². The maximum Gasteiger partial charge on any atom is 0.328 e. The zero-order valence-corrected chi connectivity index (χ0v) is 35.2. The van der Waals surface area contributed by atoms with Gasteiger partial charge in [-0.2, -0.15) is 0 Å². The minimum Gasteiger partial charge on any atom is -0.478 e. The Morgan fingerprint density at radius 1 is 0.836 bits per heavy atom. The van der Waals surface area contributed by atoms with Gasteiger partial charge >= 0.3 is 11.9 Å². The van der Waals surface area contributed by atoms with Crippen LogP contribution in [0.25, 0.3) is 0 Å². The first-order valence-corrected chi connectivity index (χ1v) is 20.7. The Balaban J connectivity index is 0.000000203. The smallest absolute Gasteiger partial charge is 0.328 e. The molecule has 294 valence electrons. The second kappa shape index (κ2) is 21.7. The minimum atomic E-state index is -1.26. The van der Waals surface area contributed by atoms with Crippen molar-refractivity contribution >= 4 is 70.8 Å². The highest BCUT2D eigenvalue weighted by atomic mass is 35.5. The SMILES string of the molecule is CN(C)CCCN1c2ccccc2CCc2ccc(Cl)cc21.CSc1ccc2c(c1)C(N1CCN(C)CC1)Cc1ccccc1S2.Cl.O=C(O)C=CC(=O)O. The molecule has 8 nitrogen and oxygen atoms in total. The molecule has 0 aromatic heterocycles. The van der Waals surface area contributed by atoms with Crippen LogP contribution >= 0.6 is 47.5 Å². The number of benzene rings is 4. The number of carbonyl (C=O) groups is 2. The van der Waals surface area contributed by atoms with Crippen LogP contribution < -0.4 is 4.90 Å². The summed E-state index contributed by atoms with van der Waals surface area (Å²) in [6, 6.07) is 31.5. The van der Waals surface area contributed by atoms with Gasteiger partial charge in [-0.3, -0.25) is 4.90 Å². The van der Waals surface area contributed by atoms with E-state index in [2.05, 4.69) is 126 Å². The van der Waals surface area contributed by atoms with Crippen LogP contribution in [-0.4, -0.2) is 104 Å². The number of carboxylic acid groups (broad SMARTS) is 2. The largest absolute Gasteiger partial charge is 0.478 e. The number of hydrogen-bond donors (Lipinski definition) is 2. The maximum atomic E-state index is 9.55. The summed E-state index contributed by atoms with van der Waals surface area (Å²) >= 11 is 10.1. The van der Waals surface area contributed by atoms with E-state index in [4.69, 9.17) is 21.8 Å². The molecule has 0 radical (unpaired) electrons. The van der Waals surface area contributed by atoms with Gasteiger partial charge in [0.1, 0.15) is 0 Å². The number of hydrogen-bond acceptors (Lipinski definition) is 8. The number of anilines is 2. The fourth-order valence-electron chi connectivity index (χ4n) is 6.99. The van der Waals surface area contributed by atoms with Crippen molar-refractivity contribution in [1.29, 1.82) is 0 Å². The quantitative estimate of drug-likeness (QED) is 0.133. The van der Waals surface area contributed by atoms with Crippen molar-refractivity contribution < 1.29 is 19.8 Å². The number of piperazine rings is 1. The van der Waals surface area contributed by atoms with Gasteiger partial charge < -0.3 is 24.9 Å². The van der Waals surface area contributed by atoms with Crippen LogP contribution in [0.5, 0.6) is 0 Å². The van der Waals surface area contributed by atoms with Crippen molar-refractivity contribution in [2.45, 2.75) is 46.4 Å². The summed E-state index contributed by atoms with van der Waals surface area (Å²) in [5.74, 6) is -2.51. The standard InChI is InChI=1S/C20H24N2S2.C19H23ClN2.C4H4O4.ClH/c1-21-9-11-22(12-10-21)18-13-15-5-3-4-6-19(15)24-20-8-7-16(23-2)14-17(18)20;1-21(2)12-5-13-22-18-7-4-3-6-15(18)8-9-16-10-11-17(20)14-19(16)22;5-3(6)1-2-4(7)8;/h3-8,14,18H,9-13H2,1-2H3;3-4,6-7,10-11,14H,5,8-9,12-13H2,1-2H3;1-2H,(H,5,6)(H,7,8);1H. The molecule has 0 saturated carbocycles. The molecule has 4 aromatic rings. The third-order valence-electron chi connectivity index (χ3n) is 9.80. The van der Waals surface area contributed by atoms with E-state index >= 15 is 0 Å². The molecule has 55 heavy (non-hydrogen) atoms. The van der Waals surface area contributed by atoms with Crippen molar-refractivity contribution in [2.24, 2.45) is 0 Å². The van der Waals surface area contributed by atoms with Crippen LogP contribution in [0.15, 0.2) is 112 Å². The van der Waals surface area contributed by atoms with Gasteiger partial charge in [-0.1, -0.05) is 65.8 Å². The summed E-state index contributed by atoms with van der Waals surface area (Å²) in [7, 11) is 6.48. The van der Waals surface area contributed by atoms with Crippen LogP contribution in [0, 0.1) is 0 Å². The zero-order valence-electron chi connectivity index (χ0n) is 32.0. The molecule has 2 N–H and O–H groups in total. The molecule has 3 aliphatic heterocycles. The molecule has 1 unspecified atom stereocenters. The van der Waals surface area contributed by atoms with Gasteiger partial charge in [0.2, 0.25) is 0 Å². The lowest BCUT2D eigenvalue weighted by atomic mass is 9.96. The molecule has 0 spiro atoms. The Labute approximate surface area is 345 Å². The van der Waals surface area contributed by atoms with Crippen molar-refractivity contribution in [3.8, 4) is 0 Å². The molecule has 1 saturated heterocycles. The number of nitrogens with zero attached hydrogens (tertiary/aromatic N) is 4. The Morgan fingerprint density at radius 2 is 1.47 bits per heavy atom. The number of carboxylic acids is 2. The molecular weight excluding hydrogens is 772 g/mol. The lowest BCUT2D eigenvalue weighted by Crippen LogP contribution is -2.46. The molecule has 7 rings (SSSR count). The topological polar surface area (TPSA) is 87.6 Å². The molecule has 0 bridgehead atoms. The highest BCUT2D eigenvalue weighted by Crippen LogP contribution is 2.44. The van der Waals surface area contributed by atoms with E-state index in [-0.39, 0.29) is 12.4 Å². The first-order valence-electron chi connectivity index (χ1n) is 18.3. The monoisotopic (exact) mass is 822 g/mol. The van der Waals surface area contributed by atoms with Crippen LogP contribution in [0.3, 0.4) is 0 Å². The average molecular weight is 824 g/mol. The number of para-hydroxylation sites is 1. The molecule has 4 aromatic carbocycles. The summed E-state index contributed by atoms with van der Waals surface area (Å²) in [5.41, 5.74) is 8.45. The number of rotatable bonds is 8. The van der Waals surface area contributed by atoms with Crippen molar-refractivity contribution in [2.75, 3.05) is 71.6 Å². The number of fused-ring (bicyclic) bond motifs is 4. The van der Waals surface area contributed by atoms with E-state index in [1.165, 1.54) is 61.4 Å². The number of aliphatic carboxylic acids is 2. The number of halogens is 2. The van der Waals surface area contributed by atoms with E-state index in [9.17, 15) is 9.59 Å². The van der Waals surface area contributed by atoms with E-state index in [0.717, 1.165) is 56.9 Å². The molecule has 12 heteroatoms. The molecule has 1 fully saturated rings. The molecule has 0 aliphatic carbocycles. The fourth-order valence-corrected chi connectivity index (χ4v) is 8.72. The second-order valence-electron chi connectivity index (χ2n) is 13.9. The van der Waals surface area contributed by atoms with E-state index in [0.29, 0.717) is 18.2 Å². The second-order valence-corrected chi connectivity index (χ2v) is 16.3. The summed E-state index contributed by atoms with van der Waals surface area (Å²) in [5, 5.41) is 16.4. The van der Waals surface area contributed by atoms with Crippen molar-refractivity contribution in [3.63, 3.8) is 0 Å². The molecule has 0 amide bonds. The third kappa shape index (κ3) is 12.8. The first kappa shape index (κ1) is 44.2. The van der Waals surface area contributed by atoms with Gasteiger partial charge in [0.25, 0.3) is 0 Å². The summed E-state index contributed by atoms with van der Waals surface area (Å²) in [4.78, 5) is 33.2. The van der Waals surface area contributed by atoms with E-state index in [1.807, 2.05) is 29.6 Å². The van der Waals surface area contributed by atoms with Crippen molar-refractivity contribution in [3.05, 3.63) is 124 Å². The highest BCUT2D eigenvalue weighted by Gasteiger charge is 2.29. The first-order chi connectivity index (χ1) is 26.0. The average Bonchev–Trinajstić information content (AvgIpc) is 3.42. The van der Waals surface area contributed by atoms with Gasteiger partial charge in [0.15, 0.2) is 0 Å². The lowest BCUT2D eigenvalue weighted by molar-refractivity contribution is -0.134. The molecular formula is C43H52Cl2N4O4S2. The van der Waals surface area contributed by atoms with Crippen LogP contribution in [0.2, 0.25) is 5.02 Å².